The molecule has 50 heavy (non-hydrogen) atoms. The van der Waals surface area contributed by atoms with Crippen molar-refractivity contribution in [2.75, 3.05) is 33.3 Å². The molecule has 11 heteroatoms. The zero-order valence-corrected chi connectivity index (χ0v) is 31.4. The molecular weight excluding hydrogens is 640 g/mol. The number of allylic oxidation sites excluding steroid dienone is 2. The number of piperidine rings is 1. The van der Waals surface area contributed by atoms with Crippen LogP contribution in [0.3, 0.4) is 0 Å². The third kappa shape index (κ3) is 11.4. The summed E-state index contributed by atoms with van der Waals surface area (Å²) in [5.41, 5.74) is -2.07. The zero-order chi connectivity index (χ0) is 36.6. The first-order valence-electron chi connectivity index (χ1n) is 18.8. The smallest absolute Gasteiger partial charge is 0.410 e. The van der Waals surface area contributed by atoms with E-state index in [1.54, 1.807) is 43.2 Å². The number of carbonyl (C=O) groups excluding carboxylic acids is 2. The van der Waals surface area contributed by atoms with Gasteiger partial charge in [0, 0.05) is 44.5 Å². The van der Waals surface area contributed by atoms with Gasteiger partial charge in [-0.15, -0.1) is 0 Å². The first-order chi connectivity index (χ1) is 23.6. The quantitative estimate of drug-likeness (QED) is 0.119. The van der Waals surface area contributed by atoms with Gasteiger partial charge in [0.05, 0.1) is 36.4 Å². The van der Waals surface area contributed by atoms with Gasteiger partial charge in [-0.25, -0.2) is 4.79 Å². The van der Waals surface area contributed by atoms with Crippen LogP contribution in [0.5, 0.6) is 0 Å². The third-order valence-electron chi connectivity index (χ3n) is 11.3. The van der Waals surface area contributed by atoms with E-state index in [1.807, 2.05) is 46.8 Å². The number of carbonyl (C=O) groups is 2. The molecule has 0 aromatic rings. The molecular formula is C39H64N2O9. The highest BCUT2D eigenvalue weighted by atomic mass is 16.6. The Kier molecular flexibility index (Phi) is 14.6. The molecule has 4 rings (SSSR count). The Labute approximate surface area is 299 Å². The van der Waals surface area contributed by atoms with Gasteiger partial charge in [-0.3, -0.25) is 4.79 Å². The van der Waals surface area contributed by atoms with Gasteiger partial charge in [0.25, 0.3) is 0 Å². The SMILES string of the molecule is COC1(C)CCC(O)CC(=O)OC(/C=C/C=C/C(C)(O)CC2OC2C(C)C(O)C(C)C)C(C)/C=C\C1OC(=O)N1CCC(N2CCCC2)CC1. The van der Waals surface area contributed by atoms with Gasteiger partial charge in [0.15, 0.2) is 6.10 Å². The molecule has 0 radical (unpaired) electrons. The van der Waals surface area contributed by atoms with Crippen molar-refractivity contribution in [1.29, 1.82) is 0 Å². The summed E-state index contributed by atoms with van der Waals surface area (Å²) in [5.74, 6) is -0.721. The van der Waals surface area contributed by atoms with Crippen LogP contribution in [0.2, 0.25) is 0 Å². The fourth-order valence-corrected chi connectivity index (χ4v) is 7.58. The number of methoxy groups -OCH3 is 1. The van der Waals surface area contributed by atoms with Crippen LogP contribution in [-0.2, 0) is 23.7 Å². The number of epoxide rings is 1. The van der Waals surface area contributed by atoms with Gasteiger partial charge in [0.2, 0.25) is 0 Å². The van der Waals surface area contributed by atoms with Crippen LogP contribution in [-0.4, -0.2) is 124 Å². The van der Waals surface area contributed by atoms with Gasteiger partial charge >= 0.3 is 12.1 Å². The minimum Gasteiger partial charge on any atom is -0.457 e. The van der Waals surface area contributed by atoms with Crippen LogP contribution in [0.25, 0.3) is 0 Å². The monoisotopic (exact) mass is 704 g/mol. The molecule has 4 aliphatic rings. The van der Waals surface area contributed by atoms with E-state index in [0.717, 1.165) is 25.9 Å². The minimum absolute atomic E-state index is 0.0226. The van der Waals surface area contributed by atoms with Crippen LogP contribution >= 0.6 is 0 Å². The van der Waals surface area contributed by atoms with Crippen molar-refractivity contribution >= 4 is 12.1 Å². The molecule has 3 N–H and O–H groups in total. The predicted octanol–water partition coefficient (Wildman–Crippen LogP) is 4.78. The first kappa shape index (κ1) is 40.5. The molecule has 10 unspecified atom stereocenters. The van der Waals surface area contributed by atoms with E-state index >= 15 is 0 Å². The average Bonchev–Trinajstić information content (AvgIpc) is 3.59. The second-order valence-electron chi connectivity index (χ2n) is 15.9. The van der Waals surface area contributed by atoms with Crippen LogP contribution in [0.15, 0.2) is 36.5 Å². The number of hydrogen-bond acceptors (Lipinski definition) is 10. The lowest BCUT2D eigenvalue weighted by Gasteiger charge is -2.39. The van der Waals surface area contributed by atoms with Crippen molar-refractivity contribution in [3.63, 3.8) is 0 Å². The highest BCUT2D eigenvalue weighted by Crippen LogP contribution is 2.38. The van der Waals surface area contributed by atoms with Gasteiger partial charge in [-0.2, -0.15) is 0 Å². The Morgan fingerprint density at radius 2 is 1.80 bits per heavy atom. The summed E-state index contributed by atoms with van der Waals surface area (Å²) in [6, 6.07) is 0.515. The lowest BCUT2D eigenvalue weighted by Crippen LogP contribution is -2.49. The van der Waals surface area contributed by atoms with Crippen LogP contribution in [0.1, 0.15) is 92.9 Å². The molecule has 1 amide bonds. The molecule has 10 atom stereocenters. The molecule has 4 heterocycles. The fraction of sp³-hybridized carbons (Fsp3) is 0.795. The number of likely N-dealkylation sites (tertiary alicyclic amines) is 2. The van der Waals surface area contributed by atoms with Crippen molar-refractivity contribution < 1.29 is 43.9 Å². The average molecular weight is 705 g/mol. The summed E-state index contributed by atoms with van der Waals surface area (Å²) in [4.78, 5) is 30.7. The maximum Gasteiger partial charge on any atom is 0.410 e. The number of hydrogen-bond donors (Lipinski definition) is 3. The van der Waals surface area contributed by atoms with Crippen molar-refractivity contribution in [2.24, 2.45) is 17.8 Å². The number of aliphatic hydroxyl groups is 3. The highest BCUT2D eigenvalue weighted by Gasteiger charge is 2.48. The Balaban J connectivity index is 1.41. The largest absolute Gasteiger partial charge is 0.457 e. The maximum absolute atomic E-state index is 13.5. The third-order valence-corrected chi connectivity index (χ3v) is 11.3. The first-order valence-corrected chi connectivity index (χ1v) is 18.8. The molecule has 4 aliphatic heterocycles. The highest BCUT2D eigenvalue weighted by molar-refractivity contribution is 5.70. The molecule has 0 bridgehead atoms. The standard InChI is InChI=1S/C39H64N2O9/c1-26(2)35(44)28(4)36-32(49-36)25-38(5,46)18-9-8-12-31-27(3)13-14-33(39(6,47-7)19-15-30(42)24-34(43)48-31)50-37(45)41-22-16-29(17-23-41)40-20-10-11-21-40/h8-9,12-14,18,26-33,35-36,42,44,46H,10-11,15-17,19-25H2,1-7H3/b12-8+,14-13-,18-9+. The van der Waals surface area contributed by atoms with Crippen molar-refractivity contribution in [1.82, 2.24) is 9.80 Å². The molecule has 0 aliphatic carbocycles. The van der Waals surface area contributed by atoms with E-state index in [1.165, 1.54) is 12.8 Å². The fourth-order valence-electron chi connectivity index (χ4n) is 7.58. The van der Waals surface area contributed by atoms with Crippen molar-refractivity contribution in [3.05, 3.63) is 36.5 Å². The second kappa shape index (κ2) is 18.0. The summed E-state index contributed by atoms with van der Waals surface area (Å²) < 4.78 is 23.7. The van der Waals surface area contributed by atoms with Gasteiger partial charge in [-0.05, 0) is 83.5 Å². The van der Waals surface area contributed by atoms with Crippen molar-refractivity contribution in [2.45, 2.75) is 147 Å². The minimum atomic E-state index is -1.14. The summed E-state index contributed by atoms with van der Waals surface area (Å²) >= 11 is 0. The topological polar surface area (TPSA) is 142 Å². The van der Waals surface area contributed by atoms with Crippen molar-refractivity contribution in [3.8, 4) is 0 Å². The Morgan fingerprint density at radius 3 is 2.44 bits per heavy atom. The number of esters is 1. The lowest BCUT2D eigenvalue weighted by atomic mass is 9.88. The number of amides is 1. The number of ether oxygens (including phenoxy) is 4. The van der Waals surface area contributed by atoms with E-state index in [0.29, 0.717) is 32.0 Å². The summed E-state index contributed by atoms with van der Waals surface area (Å²) in [7, 11) is 1.57. The summed E-state index contributed by atoms with van der Waals surface area (Å²) in [6.45, 7) is 15.0. The van der Waals surface area contributed by atoms with E-state index < -0.39 is 41.6 Å². The molecule has 0 aromatic heterocycles. The van der Waals surface area contributed by atoms with Crippen LogP contribution < -0.4 is 0 Å². The molecule has 3 saturated heterocycles. The number of aliphatic hydroxyl groups excluding tert-OH is 2. The normalized spacial score (nSPS) is 35.3. The summed E-state index contributed by atoms with van der Waals surface area (Å²) in [6.07, 6.45) is 12.3. The molecule has 0 aromatic carbocycles. The van der Waals surface area contributed by atoms with E-state index in [-0.39, 0.29) is 48.9 Å². The number of rotatable bonds is 11. The van der Waals surface area contributed by atoms with E-state index in [4.69, 9.17) is 18.9 Å². The molecule has 11 nitrogen and oxygen atoms in total. The zero-order valence-electron chi connectivity index (χ0n) is 31.4. The number of cyclic esters (lactones) is 1. The van der Waals surface area contributed by atoms with E-state index in [2.05, 4.69) is 4.90 Å². The Morgan fingerprint density at radius 1 is 1.12 bits per heavy atom. The second-order valence-corrected chi connectivity index (χ2v) is 15.9. The molecule has 284 valence electrons. The van der Waals surface area contributed by atoms with E-state index in [9.17, 15) is 24.9 Å². The maximum atomic E-state index is 13.5. The van der Waals surface area contributed by atoms with Crippen LogP contribution in [0, 0.1) is 17.8 Å². The Hall–Kier alpha value is -2.28. The van der Waals surface area contributed by atoms with Gasteiger partial charge < -0.3 is 44.1 Å². The lowest BCUT2D eigenvalue weighted by molar-refractivity contribution is -0.151. The number of nitrogens with zero attached hydrogens (tertiary/aromatic N) is 2. The molecule has 0 spiro atoms. The summed E-state index contributed by atoms with van der Waals surface area (Å²) in [5, 5.41) is 32.2. The van der Waals surface area contributed by atoms with Crippen LogP contribution in [0.4, 0.5) is 4.79 Å². The molecule has 3 fully saturated rings. The molecule has 0 saturated carbocycles. The van der Waals surface area contributed by atoms with Gasteiger partial charge in [0.1, 0.15) is 11.7 Å². The Bertz CT molecular complexity index is 1190. The predicted molar refractivity (Wildman–Crippen MR) is 191 cm³/mol. The van der Waals surface area contributed by atoms with Gasteiger partial charge in [-0.1, -0.05) is 52.0 Å².